The van der Waals surface area contributed by atoms with Gasteiger partial charge in [-0.3, -0.25) is 0 Å². The van der Waals surface area contributed by atoms with Crippen molar-refractivity contribution in [2.24, 2.45) is 11.6 Å². The molecule has 0 fully saturated rings. The van der Waals surface area contributed by atoms with Gasteiger partial charge in [0.25, 0.3) is 0 Å². The Hall–Kier alpha value is -1.84. The van der Waals surface area contributed by atoms with E-state index in [9.17, 15) is 0 Å². The van der Waals surface area contributed by atoms with Crippen molar-refractivity contribution in [3.05, 3.63) is 54.2 Å². The summed E-state index contributed by atoms with van der Waals surface area (Å²) in [5.74, 6) is 5.53. The first kappa shape index (κ1) is 17.2. The van der Waals surface area contributed by atoms with Crippen LogP contribution in [0.1, 0.15) is 19.4 Å². The van der Waals surface area contributed by atoms with Crippen molar-refractivity contribution in [2.75, 3.05) is 14.1 Å². The van der Waals surface area contributed by atoms with E-state index < -0.39 is 0 Å². The van der Waals surface area contributed by atoms with E-state index in [1.165, 1.54) is 23.4 Å². The average molecular weight is 259 g/mol. The standard InChI is InChI=1S/C13H14N2.C2H6.CH5N/c1-15(14)10-9-12-7-4-6-11-5-2-3-8-13(11)12;2*1-2/h2-10H,14H2,1H3;1-2H3;2H2,1H3/b10-9+;;. The van der Waals surface area contributed by atoms with Gasteiger partial charge in [-0.25, -0.2) is 5.84 Å². The van der Waals surface area contributed by atoms with Crippen LogP contribution in [0.25, 0.3) is 16.8 Å². The third-order valence-corrected chi connectivity index (χ3v) is 2.31. The van der Waals surface area contributed by atoms with Crippen LogP contribution in [-0.2, 0) is 0 Å². The van der Waals surface area contributed by atoms with Crippen molar-refractivity contribution >= 4 is 16.8 Å². The van der Waals surface area contributed by atoms with Crippen LogP contribution in [0.5, 0.6) is 0 Å². The Labute approximate surface area is 116 Å². The van der Waals surface area contributed by atoms with Gasteiger partial charge in [-0.15, -0.1) is 0 Å². The summed E-state index contributed by atoms with van der Waals surface area (Å²) in [6.45, 7) is 4.00. The molecule has 2 aromatic carbocycles. The highest BCUT2D eigenvalue weighted by Gasteiger charge is 1.95. The molecule has 0 aromatic heterocycles. The molecule has 0 radical (unpaired) electrons. The van der Waals surface area contributed by atoms with E-state index in [2.05, 4.69) is 36.1 Å². The molecule has 0 heterocycles. The lowest BCUT2D eigenvalue weighted by atomic mass is 10.0. The number of fused-ring (bicyclic) bond motifs is 1. The number of rotatable bonds is 2. The molecule has 3 nitrogen and oxygen atoms in total. The Morgan fingerprint density at radius 3 is 2.16 bits per heavy atom. The molecule has 0 spiro atoms. The fraction of sp³-hybridized carbons (Fsp3) is 0.250. The minimum Gasteiger partial charge on any atom is -0.333 e. The maximum Gasteiger partial charge on any atom is 0.0222 e. The summed E-state index contributed by atoms with van der Waals surface area (Å²) in [6, 6.07) is 14.6. The summed E-state index contributed by atoms with van der Waals surface area (Å²) >= 11 is 0. The van der Waals surface area contributed by atoms with E-state index in [0.29, 0.717) is 0 Å². The molecule has 0 aliphatic rings. The van der Waals surface area contributed by atoms with Crippen LogP contribution < -0.4 is 11.6 Å². The molecule has 0 saturated heterocycles. The van der Waals surface area contributed by atoms with Crippen molar-refractivity contribution < 1.29 is 0 Å². The molecule has 0 bridgehead atoms. The van der Waals surface area contributed by atoms with Gasteiger partial charge in [0.15, 0.2) is 0 Å². The Morgan fingerprint density at radius 2 is 1.53 bits per heavy atom. The number of nitrogens with zero attached hydrogens (tertiary/aromatic N) is 1. The maximum absolute atomic E-state index is 5.53. The molecule has 0 atom stereocenters. The topological polar surface area (TPSA) is 55.3 Å². The molecular formula is C16H25N3. The minimum absolute atomic E-state index is 1.19. The Morgan fingerprint density at radius 1 is 0.947 bits per heavy atom. The van der Waals surface area contributed by atoms with Gasteiger partial charge in [0.2, 0.25) is 0 Å². The molecule has 2 aromatic rings. The number of hydrogen-bond donors (Lipinski definition) is 2. The van der Waals surface area contributed by atoms with Crippen molar-refractivity contribution in [3.8, 4) is 0 Å². The normalized spacial score (nSPS) is 9.37. The molecule has 4 N–H and O–H groups in total. The second kappa shape index (κ2) is 10.1. The van der Waals surface area contributed by atoms with Crippen LogP contribution in [0, 0.1) is 0 Å². The van der Waals surface area contributed by atoms with Crippen LogP contribution in [0.3, 0.4) is 0 Å². The van der Waals surface area contributed by atoms with E-state index in [1.54, 1.807) is 5.01 Å². The van der Waals surface area contributed by atoms with E-state index in [0.717, 1.165) is 0 Å². The summed E-state index contributed by atoms with van der Waals surface area (Å²) < 4.78 is 0. The van der Waals surface area contributed by atoms with E-state index >= 15 is 0 Å². The zero-order chi connectivity index (χ0) is 14.7. The summed E-state index contributed by atoms with van der Waals surface area (Å²) in [4.78, 5) is 0. The zero-order valence-corrected chi connectivity index (χ0v) is 12.3. The van der Waals surface area contributed by atoms with Gasteiger partial charge in [0.1, 0.15) is 0 Å². The Bertz CT molecular complexity index is 485. The fourth-order valence-electron chi connectivity index (χ4n) is 1.59. The van der Waals surface area contributed by atoms with Crippen LogP contribution >= 0.6 is 0 Å². The second-order valence-electron chi connectivity index (χ2n) is 3.55. The lowest BCUT2D eigenvalue weighted by Gasteiger charge is -2.05. The number of hydrogen-bond acceptors (Lipinski definition) is 3. The van der Waals surface area contributed by atoms with Crippen molar-refractivity contribution in [1.82, 2.24) is 5.01 Å². The van der Waals surface area contributed by atoms with Gasteiger partial charge in [-0.1, -0.05) is 56.3 Å². The Kier molecular flexibility index (Phi) is 9.14. The Balaban J connectivity index is 0.000000741. The van der Waals surface area contributed by atoms with Crippen molar-refractivity contribution in [2.45, 2.75) is 13.8 Å². The summed E-state index contributed by atoms with van der Waals surface area (Å²) in [5, 5.41) is 4.04. The van der Waals surface area contributed by atoms with Crippen molar-refractivity contribution in [3.63, 3.8) is 0 Å². The van der Waals surface area contributed by atoms with E-state index in [4.69, 9.17) is 5.84 Å². The summed E-state index contributed by atoms with van der Waals surface area (Å²) in [7, 11) is 3.31. The monoisotopic (exact) mass is 259 g/mol. The third-order valence-electron chi connectivity index (χ3n) is 2.31. The smallest absolute Gasteiger partial charge is 0.0222 e. The highest BCUT2D eigenvalue weighted by molar-refractivity contribution is 5.90. The zero-order valence-electron chi connectivity index (χ0n) is 12.3. The molecule has 0 saturated carbocycles. The second-order valence-corrected chi connectivity index (χ2v) is 3.55. The van der Waals surface area contributed by atoms with E-state index in [-0.39, 0.29) is 0 Å². The van der Waals surface area contributed by atoms with Crippen LogP contribution in [0.4, 0.5) is 0 Å². The summed E-state index contributed by atoms with van der Waals surface area (Å²) in [5.41, 5.74) is 5.69. The molecule has 0 amide bonds. The highest BCUT2D eigenvalue weighted by Crippen LogP contribution is 2.19. The van der Waals surface area contributed by atoms with Gasteiger partial charge in [0.05, 0.1) is 0 Å². The van der Waals surface area contributed by atoms with Gasteiger partial charge < -0.3 is 10.7 Å². The highest BCUT2D eigenvalue weighted by atomic mass is 15.4. The molecule has 3 heteroatoms. The molecule has 19 heavy (non-hydrogen) atoms. The lowest BCUT2D eigenvalue weighted by Crippen LogP contribution is -2.18. The third kappa shape index (κ3) is 5.55. The first-order valence-corrected chi connectivity index (χ1v) is 6.48. The van der Waals surface area contributed by atoms with Gasteiger partial charge >= 0.3 is 0 Å². The van der Waals surface area contributed by atoms with Gasteiger partial charge in [-0.2, -0.15) is 0 Å². The maximum atomic E-state index is 5.53. The fourth-order valence-corrected chi connectivity index (χ4v) is 1.59. The number of benzene rings is 2. The molecule has 104 valence electrons. The molecule has 0 unspecified atom stereocenters. The van der Waals surface area contributed by atoms with Crippen LogP contribution in [0.15, 0.2) is 48.7 Å². The first-order chi connectivity index (χ1) is 9.27. The van der Waals surface area contributed by atoms with Crippen molar-refractivity contribution in [1.29, 1.82) is 0 Å². The predicted molar refractivity (Wildman–Crippen MR) is 86.4 cm³/mol. The minimum atomic E-state index is 1.19. The summed E-state index contributed by atoms with van der Waals surface area (Å²) in [6.07, 6.45) is 3.87. The lowest BCUT2D eigenvalue weighted by molar-refractivity contribution is 0.488. The number of nitrogens with two attached hydrogens (primary N) is 2. The van der Waals surface area contributed by atoms with Gasteiger partial charge in [-0.05, 0) is 29.5 Å². The number of hydrazine groups is 1. The predicted octanol–water partition coefficient (Wildman–Crippen LogP) is 3.22. The molecular weight excluding hydrogens is 234 g/mol. The molecule has 2 rings (SSSR count). The van der Waals surface area contributed by atoms with Gasteiger partial charge in [0, 0.05) is 13.2 Å². The van der Waals surface area contributed by atoms with Crippen LogP contribution in [-0.4, -0.2) is 19.1 Å². The average Bonchev–Trinajstić information content (AvgIpc) is 2.49. The molecule has 0 aliphatic heterocycles. The SMILES string of the molecule is CC.CN.CN(N)/C=C/c1cccc2ccccc12. The van der Waals surface area contributed by atoms with Crippen LogP contribution in [0.2, 0.25) is 0 Å². The van der Waals surface area contributed by atoms with E-state index in [1.807, 2.05) is 45.3 Å². The largest absolute Gasteiger partial charge is 0.333 e. The first-order valence-electron chi connectivity index (χ1n) is 6.48. The quantitative estimate of drug-likeness (QED) is 0.643. The molecule has 0 aliphatic carbocycles.